The maximum atomic E-state index is 13.4. The van der Waals surface area contributed by atoms with Gasteiger partial charge in [0.2, 0.25) is 0 Å². The highest BCUT2D eigenvalue weighted by molar-refractivity contribution is 5.36. The molecule has 0 heterocycles. The van der Waals surface area contributed by atoms with Crippen molar-refractivity contribution in [1.82, 2.24) is 5.32 Å². The van der Waals surface area contributed by atoms with Crippen molar-refractivity contribution in [2.45, 2.75) is 39.7 Å². The standard InChI is InChI=1S/C16H26FNO2/c1-4-9-18-13(3)15-12-14(17)7-8-16(15)20-11-6-10-19-5-2/h7-8,12-13,18H,4-6,9-11H2,1-3H3. The molecule has 0 amide bonds. The SMILES string of the molecule is CCCNC(C)c1cc(F)ccc1OCCCOCC. The molecule has 20 heavy (non-hydrogen) atoms. The summed E-state index contributed by atoms with van der Waals surface area (Å²) in [6, 6.07) is 4.77. The Morgan fingerprint density at radius 1 is 1.25 bits per heavy atom. The molecule has 1 unspecified atom stereocenters. The Kier molecular flexibility index (Phi) is 8.23. The van der Waals surface area contributed by atoms with Gasteiger partial charge in [0.05, 0.1) is 6.61 Å². The fourth-order valence-electron chi connectivity index (χ4n) is 1.95. The Labute approximate surface area is 121 Å². The highest BCUT2D eigenvalue weighted by Crippen LogP contribution is 2.26. The van der Waals surface area contributed by atoms with Gasteiger partial charge in [-0.3, -0.25) is 0 Å². The van der Waals surface area contributed by atoms with Crippen molar-refractivity contribution in [2.75, 3.05) is 26.4 Å². The van der Waals surface area contributed by atoms with Crippen LogP contribution in [0.25, 0.3) is 0 Å². The Balaban J connectivity index is 2.59. The predicted octanol–water partition coefficient (Wildman–Crippen LogP) is 3.69. The van der Waals surface area contributed by atoms with E-state index >= 15 is 0 Å². The van der Waals surface area contributed by atoms with E-state index in [1.165, 1.54) is 6.07 Å². The van der Waals surface area contributed by atoms with Crippen LogP contribution in [-0.2, 0) is 4.74 Å². The Bertz CT molecular complexity index is 385. The van der Waals surface area contributed by atoms with Crippen LogP contribution < -0.4 is 10.1 Å². The summed E-state index contributed by atoms with van der Waals surface area (Å²) in [5.41, 5.74) is 0.870. The molecule has 1 atom stereocenters. The summed E-state index contributed by atoms with van der Waals surface area (Å²) in [6.45, 7) is 9.00. The van der Waals surface area contributed by atoms with Crippen LogP contribution in [0.15, 0.2) is 18.2 Å². The van der Waals surface area contributed by atoms with Crippen LogP contribution in [0.5, 0.6) is 5.75 Å². The lowest BCUT2D eigenvalue weighted by atomic mass is 10.1. The summed E-state index contributed by atoms with van der Waals surface area (Å²) >= 11 is 0. The van der Waals surface area contributed by atoms with Crippen LogP contribution in [-0.4, -0.2) is 26.4 Å². The van der Waals surface area contributed by atoms with Gasteiger partial charge in [-0.05, 0) is 45.0 Å². The fourth-order valence-corrected chi connectivity index (χ4v) is 1.95. The van der Waals surface area contributed by atoms with Gasteiger partial charge in [-0.15, -0.1) is 0 Å². The van der Waals surface area contributed by atoms with E-state index in [4.69, 9.17) is 9.47 Å². The third kappa shape index (κ3) is 5.88. The molecule has 0 saturated heterocycles. The zero-order valence-electron chi connectivity index (χ0n) is 12.7. The first kappa shape index (κ1) is 16.9. The molecule has 1 rings (SSSR count). The summed E-state index contributed by atoms with van der Waals surface area (Å²) in [5, 5.41) is 3.36. The molecule has 0 aliphatic heterocycles. The lowest BCUT2D eigenvalue weighted by Gasteiger charge is -2.18. The first-order chi connectivity index (χ1) is 9.69. The molecule has 0 bridgehead atoms. The van der Waals surface area contributed by atoms with Crippen molar-refractivity contribution >= 4 is 0 Å². The van der Waals surface area contributed by atoms with Gasteiger partial charge >= 0.3 is 0 Å². The van der Waals surface area contributed by atoms with Gasteiger partial charge in [0.1, 0.15) is 11.6 Å². The number of hydrogen-bond acceptors (Lipinski definition) is 3. The van der Waals surface area contributed by atoms with E-state index in [-0.39, 0.29) is 11.9 Å². The molecular weight excluding hydrogens is 257 g/mol. The third-order valence-electron chi connectivity index (χ3n) is 3.03. The topological polar surface area (TPSA) is 30.5 Å². The number of benzene rings is 1. The van der Waals surface area contributed by atoms with Crippen LogP contribution in [0.4, 0.5) is 4.39 Å². The first-order valence-electron chi connectivity index (χ1n) is 7.42. The maximum Gasteiger partial charge on any atom is 0.124 e. The second-order valence-electron chi connectivity index (χ2n) is 4.76. The van der Waals surface area contributed by atoms with E-state index in [1.807, 2.05) is 13.8 Å². The normalized spacial score (nSPS) is 12.4. The zero-order chi connectivity index (χ0) is 14.8. The minimum Gasteiger partial charge on any atom is -0.493 e. The predicted molar refractivity (Wildman–Crippen MR) is 79.7 cm³/mol. The van der Waals surface area contributed by atoms with Crippen molar-refractivity contribution in [1.29, 1.82) is 0 Å². The van der Waals surface area contributed by atoms with Crippen LogP contribution in [0.2, 0.25) is 0 Å². The molecule has 0 spiro atoms. The van der Waals surface area contributed by atoms with Crippen molar-refractivity contribution in [2.24, 2.45) is 0 Å². The summed E-state index contributed by atoms with van der Waals surface area (Å²) in [4.78, 5) is 0. The van der Waals surface area contributed by atoms with Crippen molar-refractivity contribution in [3.05, 3.63) is 29.6 Å². The Hall–Kier alpha value is -1.13. The lowest BCUT2D eigenvalue weighted by molar-refractivity contribution is 0.130. The van der Waals surface area contributed by atoms with Crippen molar-refractivity contribution in [3.8, 4) is 5.75 Å². The molecule has 0 aromatic heterocycles. The fraction of sp³-hybridized carbons (Fsp3) is 0.625. The minimum atomic E-state index is -0.230. The van der Waals surface area contributed by atoms with Crippen LogP contribution in [0, 0.1) is 5.82 Å². The summed E-state index contributed by atoms with van der Waals surface area (Å²) in [7, 11) is 0. The number of ether oxygens (including phenoxy) is 2. The average molecular weight is 283 g/mol. The molecule has 0 fully saturated rings. The highest BCUT2D eigenvalue weighted by Gasteiger charge is 2.12. The third-order valence-corrected chi connectivity index (χ3v) is 3.03. The van der Waals surface area contributed by atoms with Crippen molar-refractivity contribution in [3.63, 3.8) is 0 Å². The van der Waals surface area contributed by atoms with E-state index in [9.17, 15) is 4.39 Å². The molecule has 1 aromatic carbocycles. The average Bonchev–Trinajstić information content (AvgIpc) is 2.45. The van der Waals surface area contributed by atoms with E-state index in [2.05, 4.69) is 12.2 Å². The van der Waals surface area contributed by atoms with E-state index in [1.54, 1.807) is 12.1 Å². The number of nitrogens with one attached hydrogen (secondary N) is 1. The molecule has 4 heteroatoms. The van der Waals surface area contributed by atoms with Crippen molar-refractivity contribution < 1.29 is 13.9 Å². The van der Waals surface area contributed by atoms with Crippen LogP contribution in [0.3, 0.4) is 0 Å². The minimum absolute atomic E-state index is 0.0764. The number of halogens is 1. The van der Waals surface area contributed by atoms with E-state index in [0.29, 0.717) is 13.2 Å². The number of rotatable bonds is 10. The highest BCUT2D eigenvalue weighted by atomic mass is 19.1. The van der Waals surface area contributed by atoms with E-state index in [0.717, 1.165) is 37.3 Å². The van der Waals surface area contributed by atoms with E-state index < -0.39 is 0 Å². The number of hydrogen-bond donors (Lipinski definition) is 1. The molecular formula is C16H26FNO2. The Morgan fingerprint density at radius 2 is 2.05 bits per heavy atom. The molecule has 3 nitrogen and oxygen atoms in total. The van der Waals surface area contributed by atoms with Gasteiger partial charge in [0.15, 0.2) is 0 Å². The quantitative estimate of drug-likeness (QED) is 0.664. The first-order valence-corrected chi connectivity index (χ1v) is 7.42. The maximum absolute atomic E-state index is 13.4. The monoisotopic (exact) mass is 283 g/mol. The summed E-state index contributed by atoms with van der Waals surface area (Å²) in [5.74, 6) is 0.519. The molecule has 0 saturated carbocycles. The lowest BCUT2D eigenvalue weighted by Crippen LogP contribution is -2.20. The van der Waals surface area contributed by atoms with Crippen LogP contribution in [0.1, 0.15) is 45.2 Å². The molecule has 1 aromatic rings. The van der Waals surface area contributed by atoms with Gasteiger partial charge in [-0.1, -0.05) is 6.92 Å². The molecule has 1 N–H and O–H groups in total. The van der Waals surface area contributed by atoms with Gasteiger partial charge in [-0.2, -0.15) is 0 Å². The summed E-state index contributed by atoms with van der Waals surface area (Å²) < 4.78 is 24.4. The second kappa shape index (κ2) is 9.72. The van der Waals surface area contributed by atoms with Crippen LogP contribution >= 0.6 is 0 Å². The Morgan fingerprint density at radius 3 is 2.75 bits per heavy atom. The van der Waals surface area contributed by atoms with Gasteiger partial charge in [0, 0.05) is 31.2 Å². The van der Waals surface area contributed by atoms with Gasteiger partial charge < -0.3 is 14.8 Å². The molecule has 0 aliphatic rings. The molecule has 114 valence electrons. The molecule has 0 aliphatic carbocycles. The second-order valence-corrected chi connectivity index (χ2v) is 4.76. The summed E-state index contributed by atoms with van der Waals surface area (Å²) in [6.07, 6.45) is 1.88. The molecule has 0 radical (unpaired) electrons. The largest absolute Gasteiger partial charge is 0.493 e. The smallest absolute Gasteiger partial charge is 0.124 e. The van der Waals surface area contributed by atoms with Gasteiger partial charge in [0.25, 0.3) is 0 Å². The van der Waals surface area contributed by atoms with Gasteiger partial charge in [-0.25, -0.2) is 4.39 Å². The zero-order valence-corrected chi connectivity index (χ0v) is 12.7.